The van der Waals surface area contributed by atoms with Crippen molar-refractivity contribution in [3.8, 4) is 6.07 Å². The first kappa shape index (κ1) is 10.7. The van der Waals surface area contributed by atoms with Gasteiger partial charge >= 0.3 is 0 Å². The Morgan fingerprint density at radius 1 is 1.29 bits per heavy atom. The minimum absolute atomic E-state index is 0.432. The Labute approximate surface area is 85.1 Å². The summed E-state index contributed by atoms with van der Waals surface area (Å²) in [6.45, 7) is 6.51. The first-order valence-electron chi connectivity index (χ1n) is 4.76. The summed E-state index contributed by atoms with van der Waals surface area (Å²) in [7, 11) is 0. The highest BCUT2D eigenvalue weighted by Gasteiger charge is 2.10. The van der Waals surface area contributed by atoms with Crippen LogP contribution in [0.1, 0.15) is 29.7 Å². The number of hydrogen-bond donors (Lipinski definition) is 0. The number of hydrogen-bond acceptors (Lipinski definition) is 2. The third-order valence-electron chi connectivity index (χ3n) is 2.00. The van der Waals surface area contributed by atoms with Crippen molar-refractivity contribution in [1.29, 1.82) is 5.26 Å². The molecule has 74 valence electrons. The van der Waals surface area contributed by atoms with E-state index < -0.39 is 6.10 Å². The molecular formula is C12H15NO. The first-order valence-corrected chi connectivity index (χ1v) is 4.76. The van der Waals surface area contributed by atoms with Crippen LogP contribution in [0.15, 0.2) is 18.2 Å². The van der Waals surface area contributed by atoms with Gasteiger partial charge in [-0.15, -0.1) is 0 Å². The first-order chi connectivity index (χ1) is 6.67. The van der Waals surface area contributed by atoms with E-state index in [1.807, 2.05) is 32.9 Å². The summed E-state index contributed by atoms with van der Waals surface area (Å²) in [5, 5.41) is 8.92. The lowest BCUT2D eigenvalue weighted by Gasteiger charge is -2.10. The summed E-state index contributed by atoms with van der Waals surface area (Å²) in [5.41, 5.74) is 3.28. The lowest BCUT2D eigenvalue weighted by atomic mass is 10.0. The van der Waals surface area contributed by atoms with E-state index in [9.17, 15) is 0 Å². The van der Waals surface area contributed by atoms with Gasteiger partial charge in [-0.3, -0.25) is 0 Å². The zero-order chi connectivity index (χ0) is 10.6. The molecule has 0 heterocycles. The predicted octanol–water partition coefficient (Wildman–Crippen LogP) is 2.90. The van der Waals surface area contributed by atoms with Crippen molar-refractivity contribution < 1.29 is 4.74 Å². The summed E-state index contributed by atoms with van der Waals surface area (Å²) in [4.78, 5) is 0. The molecule has 1 aromatic rings. The van der Waals surface area contributed by atoms with Crippen molar-refractivity contribution in [3.05, 3.63) is 34.9 Å². The third-order valence-corrected chi connectivity index (χ3v) is 2.00. The fourth-order valence-corrected chi connectivity index (χ4v) is 1.54. The Balaban J connectivity index is 2.99. The molecule has 1 aromatic carbocycles. The van der Waals surface area contributed by atoms with Crippen LogP contribution in [0, 0.1) is 25.2 Å². The molecule has 1 unspecified atom stereocenters. The van der Waals surface area contributed by atoms with Gasteiger partial charge in [0.2, 0.25) is 0 Å². The van der Waals surface area contributed by atoms with E-state index in [1.54, 1.807) is 0 Å². The molecule has 1 atom stereocenters. The van der Waals surface area contributed by atoms with Crippen molar-refractivity contribution >= 4 is 0 Å². The molecule has 0 radical (unpaired) electrons. The maximum Gasteiger partial charge on any atom is 0.169 e. The molecule has 0 spiro atoms. The van der Waals surface area contributed by atoms with E-state index in [1.165, 1.54) is 11.1 Å². The second-order valence-electron chi connectivity index (χ2n) is 3.39. The van der Waals surface area contributed by atoms with E-state index in [4.69, 9.17) is 10.00 Å². The van der Waals surface area contributed by atoms with Crippen molar-refractivity contribution in [3.63, 3.8) is 0 Å². The van der Waals surface area contributed by atoms with E-state index in [0.717, 1.165) is 5.56 Å². The van der Waals surface area contributed by atoms with E-state index in [-0.39, 0.29) is 0 Å². The van der Waals surface area contributed by atoms with Gasteiger partial charge in [0.1, 0.15) is 0 Å². The smallest absolute Gasteiger partial charge is 0.169 e. The number of rotatable bonds is 3. The summed E-state index contributed by atoms with van der Waals surface area (Å²) >= 11 is 0. The zero-order valence-electron chi connectivity index (χ0n) is 8.87. The Hall–Kier alpha value is -1.33. The lowest BCUT2D eigenvalue weighted by molar-refractivity contribution is 0.102. The van der Waals surface area contributed by atoms with Gasteiger partial charge in [0.25, 0.3) is 0 Å². The second kappa shape index (κ2) is 4.78. The molecule has 0 aliphatic carbocycles. The fraction of sp³-hybridized carbons (Fsp3) is 0.417. The van der Waals surface area contributed by atoms with Gasteiger partial charge < -0.3 is 4.74 Å². The zero-order valence-corrected chi connectivity index (χ0v) is 8.87. The third kappa shape index (κ3) is 2.58. The van der Waals surface area contributed by atoms with Gasteiger partial charge in [0, 0.05) is 6.61 Å². The topological polar surface area (TPSA) is 33.0 Å². The number of aryl methyl sites for hydroxylation is 2. The van der Waals surface area contributed by atoms with Gasteiger partial charge in [-0.05, 0) is 26.3 Å². The standard InChI is InChI=1S/C12H15NO/c1-4-14-12(8-13)11-6-9(2)5-10(3)7-11/h5-7,12H,4H2,1-3H3. The van der Waals surface area contributed by atoms with Crippen LogP contribution in [0.4, 0.5) is 0 Å². The predicted molar refractivity (Wildman–Crippen MR) is 55.9 cm³/mol. The minimum atomic E-state index is -0.432. The Morgan fingerprint density at radius 3 is 2.29 bits per heavy atom. The lowest BCUT2D eigenvalue weighted by Crippen LogP contribution is -2.02. The van der Waals surface area contributed by atoms with Gasteiger partial charge in [-0.25, -0.2) is 0 Å². The summed E-state index contributed by atoms with van der Waals surface area (Å²) in [6, 6.07) is 8.23. The van der Waals surface area contributed by atoms with Crippen molar-refractivity contribution in [1.82, 2.24) is 0 Å². The molecule has 0 fully saturated rings. The van der Waals surface area contributed by atoms with E-state index in [0.29, 0.717) is 6.61 Å². The van der Waals surface area contributed by atoms with Crippen LogP contribution in [0.2, 0.25) is 0 Å². The molecule has 0 aliphatic heterocycles. The van der Waals surface area contributed by atoms with Crippen LogP contribution in [-0.4, -0.2) is 6.61 Å². The van der Waals surface area contributed by atoms with Crippen LogP contribution < -0.4 is 0 Å². The fourth-order valence-electron chi connectivity index (χ4n) is 1.54. The molecular weight excluding hydrogens is 174 g/mol. The average molecular weight is 189 g/mol. The summed E-state index contributed by atoms with van der Waals surface area (Å²) in [6.07, 6.45) is -0.432. The maximum absolute atomic E-state index is 8.92. The highest BCUT2D eigenvalue weighted by atomic mass is 16.5. The average Bonchev–Trinajstić information content (AvgIpc) is 2.12. The summed E-state index contributed by atoms with van der Waals surface area (Å²) < 4.78 is 5.33. The number of nitrogens with zero attached hydrogens (tertiary/aromatic N) is 1. The van der Waals surface area contributed by atoms with Gasteiger partial charge in [0.15, 0.2) is 6.10 Å². The number of ether oxygens (including phenoxy) is 1. The Morgan fingerprint density at radius 2 is 1.86 bits per heavy atom. The summed E-state index contributed by atoms with van der Waals surface area (Å²) in [5.74, 6) is 0. The molecule has 2 heteroatoms. The van der Waals surface area contributed by atoms with Crippen LogP contribution in [0.5, 0.6) is 0 Å². The molecule has 0 aromatic heterocycles. The molecule has 0 saturated heterocycles. The van der Waals surface area contributed by atoms with E-state index >= 15 is 0 Å². The highest BCUT2D eigenvalue weighted by molar-refractivity contribution is 5.32. The quantitative estimate of drug-likeness (QED) is 0.732. The van der Waals surface area contributed by atoms with Crippen LogP contribution in [0.25, 0.3) is 0 Å². The van der Waals surface area contributed by atoms with Crippen molar-refractivity contribution in [2.24, 2.45) is 0 Å². The van der Waals surface area contributed by atoms with Crippen LogP contribution >= 0.6 is 0 Å². The number of nitriles is 1. The SMILES string of the molecule is CCOC(C#N)c1cc(C)cc(C)c1. The highest BCUT2D eigenvalue weighted by Crippen LogP contribution is 2.19. The van der Waals surface area contributed by atoms with Gasteiger partial charge in [-0.1, -0.05) is 29.3 Å². The Kier molecular flexibility index (Phi) is 3.67. The van der Waals surface area contributed by atoms with Crippen LogP contribution in [-0.2, 0) is 4.74 Å². The molecule has 0 bridgehead atoms. The van der Waals surface area contributed by atoms with Gasteiger partial charge in [0.05, 0.1) is 6.07 Å². The van der Waals surface area contributed by atoms with E-state index in [2.05, 4.69) is 12.1 Å². The molecule has 0 N–H and O–H groups in total. The molecule has 0 aliphatic rings. The largest absolute Gasteiger partial charge is 0.359 e. The maximum atomic E-state index is 8.92. The van der Waals surface area contributed by atoms with Crippen LogP contribution in [0.3, 0.4) is 0 Å². The molecule has 1 rings (SSSR count). The minimum Gasteiger partial charge on any atom is -0.359 e. The Bertz CT molecular complexity index is 332. The van der Waals surface area contributed by atoms with Gasteiger partial charge in [-0.2, -0.15) is 5.26 Å². The monoisotopic (exact) mass is 189 g/mol. The molecule has 0 amide bonds. The molecule has 14 heavy (non-hydrogen) atoms. The second-order valence-corrected chi connectivity index (χ2v) is 3.39. The number of benzene rings is 1. The van der Waals surface area contributed by atoms with Crippen molar-refractivity contribution in [2.45, 2.75) is 26.9 Å². The van der Waals surface area contributed by atoms with Crippen molar-refractivity contribution in [2.75, 3.05) is 6.61 Å². The molecule has 0 saturated carbocycles. The normalized spacial score (nSPS) is 12.1. The molecule has 2 nitrogen and oxygen atoms in total.